The normalized spacial score (nSPS) is 15.2. The molecule has 1 atom stereocenters. The van der Waals surface area contributed by atoms with Crippen molar-refractivity contribution >= 4 is 11.4 Å². The van der Waals surface area contributed by atoms with E-state index in [0.29, 0.717) is 0 Å². The van der Waals surface area contributed by atoms with E-state index in [4.69, 9.17) is 10.8 Å². The van der Waals surface area contributed by atoms with E-state index in [1.165, 1.54) is 16.2 Å². The van der Waals surface area contributed by atoms with Gasteiger partial charge in [-0.25, -0.2) is 0 Å². The molecule has 4 N–H and O–H groups in total. The van der Waals surface area contributed by atoms with Crippen molar-refractivity contribution in [3.63, 3.8) is 0 Å². The molecule has 0 amide bonds. The number of nitrogens with two attached hydrogens (primary N) is 1. The third-order valence-corrected chi connectivity index (χ3v) is 4.98. The summed E-state index contributed by atoms with van der Waals surface area (Å²) < 4.78 is 0. The van der Waals surface area contributed by atoms with Gasteiger partial charge in [-0.15, -0.1) is 0 Å². The lowest BCUT2D eigenvalue weighted by Gasteiger charge is -2.27. The quantitative estimate of drug-likeness (QED) is 0.525. The van der Waals surface area contributed by atoms with Crippen LogP contribution in [0.2, 0.25) is 0 Å². The Morgan fingerprint density at radius 3 is 2.78 bits per heavy atom. The van der Waals surface area contributed by atoms with Gasteiger partial charge in [0.2, 0.25) is 0 Å². The standard InChI is InChI=1S/C18H32N4O/c1-3-20(9-10-21(4-2)13-14-23)11-12-22-8-7-16-5-6-17(19)15-18(16)22/h5-6,15,23H,3-4,7-14,19H2,1-2H3/p+1. The molecule has 1 aromatic rings. The van der Waals surface area contributed by atoms with Gasteiger partial charge in [-0.1, -0.05) is 13.0 Å². The summed E-state index contributed by atoms with van der Waals surface area (Å²) in [6.45, 7) is 13.2. The highest BCUT2D eigenvalue weighted by Gasteiger charge is 2.19. The molecule has 23 heavy (non-hydrogen) atoms. The number of rotatable bonds is 10. The largest absolute Gasteiger partial charge is 0.399 e. The second kappa shape index (κ2) is 9.11. The molecule has 0 saturated carbocycles. The summed E-state index contributed by atoms with van der Waals surface area (Å²) in [5, 5.41) is 9.10. The van der Waals surface area contributed by atoms with Gasteiger partial charge < -0.3 is 20.6 Å². The van der Waals surface area contributed by atoms with E-state index in [1.807, 2.05) is 6.07 Å². The van der Waals surface area contributed by atoms with Crippen molar-refractivity contribution in [1.29, 1.82) is 0 Å². The molecule has 1 aliphatic heterocycles. The van der Waals surface area contributed by atoms with Crippen molar-refractivity contribution in [3.05, 3.63) is 23.8 Å². The van der Waals surface area contributed by atoms with Crippen LogP contribution >= 0.6 is 0 Å². The van der Waals surface area contributed by atoms with Crippen LogP contribution in [0.25, 0.3) is 0 Å². The maximum atomic E-state index is 9.10. The van der Waals surface area contributed by atoms with E-state index < -0.39 is 0 Å². The molecule has 0 aliphatic carbocycles. The Bertz CT molecular complexity index is 480. The molecule has 5 heteroatoms. The summed E-state index contributed by atoms with van der Waals surface area (Å²) in [6.07, 6.45) is 1.13. The third kappa shape index (κ3) is 5.09. The number of likely N-dealkylation sites (N-methyl/N-ethyl adjacent to an activating group) is 2. The van der Waals surface area contributed by atoms with Crippen LogP contribution in [0.15, 0.2) is 18.2 Å². The van der Waals surface area contributed by atoms with E-state index in [2.05, 4.69) is 35.8 Å². The Labute approximate surface area is 140 Å². The Morgan fingerprint density at radius 1 is 1.26 bits per heavy atom. The van der Waals surface area contributed by atoms with Crippen LogP contribution in [0, 0.1) is 0 Å². The Kier molecular flexibility index (Phi) is 7.15. The molecule has 1 heterocycles. The fourth-order valence-corrected chi connectivity index (χ4v) is 3.34. The second-order valence-electron chi connectivity index (χ2n) is 6.39. The summed E-state index contributed by atoms with van der Waals surface area (Å²) in [6, 6.07) is 6.28. The van der Waals surface area contributed by atoms with Crippen LogP contribution < -0.4 is 15.5 Å². The number of fused-ring (bicyclic) bond motifs is 1. The number of hydrogen-bond donors (Lipinski definition) is 3. The SMILES string of the molecule is CCN(CCN1CCc2ccc(N)cc21)CC[NH+](CC)CCO. The number of nitrogens with one attached hydrogen (secondary N) is 1. The zero-order valence-electron chi connectivity index (χ0n) is 14.7. The van der Waals surface area contributed by atoms with Gasteiger partial charge in [0.25, 0.3) is 0 Å². The Morgan fingerprint density at radius 2 is 2.09 bits per heavy atom. The molecule has 0 aromatic heterocycles. The highest BCUT2D eigenvalue weighted by atomic mass is 16.3. The van der Waals surface area contributed by atoms with Crippen LogP contribution in [-0.4, -0.2) is 69.0 Å². The van der Waals surface area contributed by atoms with E-state index in [1.54, 1.807) is 0 Å². The molecular formula is C18H33N4O+. The highest BCUT2D eigenvalue weighted by Crippen LogP contribution is 2.29. The van der Waals surface area contributed by atoms with Crippen LogP contribution in [-0.2, 0) is 6.42 Å². The fourth-order valence-electron chi connectivity index (χ4n) is 3.34. The lowest BCUT2D eigenvalue weighted by atomic mass is 10.1. The predicted molar refractivity (Wildman–Crippen MR) is 97.2 cm³/mol. The zero-order valence-corrected chi connectivity index (χ0v) is 14.7. The van der Waals surface area contributed by atoms with Crippen molar-refractivity contribution in [3.8, 4) is 0 Å². The number of nitrogens with zero attached hydrogens (tertiary/aromatic N) is 2. The molecule has 2 rings (SSSR count). The van der Waals surface area contributed by atoms with Gasteiger partial charge in [-0.3, -0.25) is 4.90 Å². The minimum atomic E-state index is 0.279. The summed E-state index contributed by atoms with van der Waals surface area (Å²) in [7, 11) is 0. The molecule has 1 aromatic carbocycles. The average Bonchev–Trinajstić information content (AvgIpc) is 2.96. The van der Waals surface area contributed by atoms with E-state index >= 15 is 0 Å². The van der Waals surface area contributed by atoms with Gasteiger partial charge in [0.05, 0.1) is 19.7 Å². The van der Waals surface area contributed by atoms with E-state index in [-0.39, 0.29) is 6.61 Å². The number of nitrogen functional groups attached to an aromatic ring is 1. The number of aliphatic hydroxyl groups excluding tert-OH is 1. The maximum absolute atomic E-state index is 9.10. The molecule has 1 unspecified atom stereocenters. The maximum Gasteiger partial charge on any atom is 0.101 e. The van der Waals surface area contributed by atoms with E-state index in [0.717, 1.165) is 64.5 Å². The van der Waals surface area contributed by atoms with Gasteiger partial charge in [-0.2, -0.15) is 0 Å². The molecule has 0 radical (unpaired) electrons. The zero-order chi connectivity index (χ0) is 16.7. The first-order valence-electron chi connectivity index (χ1n) is 8.98. The fraction of sp³-hybridized carbons (Fsp3) is 0.667. The summed E-state index contributed by atoms with van der Waals surface area (Å²) in [5.41, 5.74) is 9.54. The first-order chi connectivity index (χ1) is 11.2. The molecule has 5 nitrogen and oxygen atoms in total. The van der Waals surface area contributed by atoms with Crippen LogP contribution in [0.1, 0.15) is 19.4 Å². The van der Waals surface area contributed by atoms with Crippen LogP contribution in [0.5, 0.6) is 0 Å². The van der Waals surface area contributed by atoms with Gasteiger partial charge >= 0.3 is 0 Å². The van der Waals surface area contributed by atoms with Gasteiger partial charge in [-0.05, 0) is 37.6 Å². The predicted octanol–water partition coefficient (Wildman–Crippen LogP) is -0.150. The summed E-state index contributed by atoms with van der Waals surface area (Å²) >= 11 is 0. The highest BCUT2D eigenvalue weighted by molar-refractivity contribution is 5.64. The first-order valence-corrected chi connectivity index (χ1v) is 8.98. The van der Waals surface area contributed by atoms with E-state index in [9.17, 15) is 0 Å². The number of quaternary nitrogens is 1. The van der Waals surface area contributed by atoms with Gasteiger partial charge in [0.1, 0.15) is 6.54 Å². The van der Waals surface area contributed by atoms with Crippen molar-refractivity contribution in [1.82, 2.24) is 4.90 Å². The molecule has 130 valence electrons. The number of aliphatic hydroxyl groups is 1. The molecule has 0 saturated heterocycles. The third-order valence-electron chi connectivity index (χ3n) is 4.98. The monoisotopic (exact) mass is 321 g/mol. The average molecular weight is 321 g/mol. The number of benzene rings is 1. The second-order valence-corrected chi connectivity index (χ2v) is 6.39. The lowest BCUT2D eigenvalue weighted by Crippen LogP contribution is -3.12. The molecule has 0 fully saturated rings. The molecule has 0 bridgehead atoms. The Hall–Kier alpha value is -1.30. The summed E-state index contributed by atoms with van der Waals surface area (Å²) in [4.78, 5) is 6.45. The van der Waals surface area contributed by atoms with Crippen molar-refractivity contribution in [2.45, 2.75) is 20.3 Å². The Balaban J connectivity index is 1.81. The minimum absolute atomic E-state index is 0.279. The van der Waals surface area contributed by atoms with Crippen molar-refractivity contribution in [2.75, 3.05) is 69.6 Å². The van der Waals surface area contributed by atoms with Gasteiger partial charge in [0, 0.05) is 37.6 Å². The van der Waals surface area contributed by atoms with Crippen molar-refractivity contribution in [2.24, 2.45) is 0 Å². The van der Waals surface area contributed by atoms with Crippen LogP contribution in [0.3, 0.4) is 0 Å². The number of anilines is 2. The molecule has 0 spiro atoms. The van der Waals surface area contributed by atoms with Crippen molar-refractivity contribution < 1.29 is 10.0 Å². The summed E-state index contributed by atoms with van der Waals surface area (Å²) in [5.74, 6) is 0. The topological polar surface area (TPSA) is 57.2 Å². The molecular weight excluding hydrogens is 288 g/mol. The minimum Gasteiger partial charge on any atom is -0.399 e. The van der Waals surface area contributed by atoms with Gasteiger partial charge in [0.15, 0.2) is 0 Å². The number of hydrogen-bond acceptors (Lipinski definition) is 4. The molecule has 1 aliphatic rings. The van der Waals surface area contributed by atoms with Crippen LogP contribution in [0.4, 0.5) is 11.4 Å². The first kappa shape index (κ1) is 18.0. The lowest BCUT2D eigenvalue weighted by molar-refractivity contribution is -0.898. The smallest absolute Gasteiger partial charge is 0.101 e.